The van der Waals surface area contributed by atoms with Crippen LogP contribution < -0.4 is 14.4 Å². The summed E-state index contributed by atoms with van der Waals surface area (Å²) in [5.41, 5.74) is 2.62. The lowest BCUT2D eigenvalue weighted by atomic mass is 10.1. The average molecular weight is 338 g/mol. The van der Waals surface area contributed by atoms with Crippen LogP contribution in [-0.4, -0.2) is 50.8 Å². The van der Waals surface area contributed by atoms with Gasteiger partial charge in [-0.2, -0.15) is 0 Å². The number of piperazine rings is 1. The zero-order valence-corrected chi connectivity index (χ0v) is 14.7. The van der Waals surface area contributed by atoms with Gasteiger partial charge in [-0.3, -0.25) is 4.90 Å². The molecule has 0 saturated carbocycles. The number of hydrogen-bond donors (Lipinski definition) is 0. The molecular weight excluding hydrogens is 312 g/mol. The predicted octanol–water partition coefficient (Wildman–Crippen LogP) is 3.21. The van der Waals surface area contributed by atoms with E-state index in [9.17, 15) is 0 Å². The van der Waals surface area contributed by atoms with Crippen LogP contribution in [0.4, 0.5) is 5.69 Å². The number of nitrogens with zero attached hydrogens (tertiary/aromatic N) is 2. The SMILES string of the molecule is c1ccc(CCCN2CCN(c3cccc4c3OCCO4)CC2)cc1. The summed E-state index contributed by atoms with van der Waals surface area (Å²) in [6.45, 7) is 6.78. The molecule has 0 radical (unpaired) electrons. The number of rotatable bonds is 5. The number of fused-ring (bicyclic) bond motifs is 1. The van der Waals surface area contributed by atoms with Crippen LogP contribution in [0.5, 0.6) is 11.5 Å². The molecule has 2 aromatic carbocycles. The number of para-hydroxylation sites is 1. The molecule has 4 heteroatoms. The first kappa shape index (κ1) is 16.3. The highest BCUT2D eigenvalue weighted by Crippen LogP contribution is 2.39. The molecule has 4 rings (SSSR count). The van der Waals surface area contributed by atoms with Gasteiger partial charge in [0.15, 0.2) is 11.5 Å². The van der Waals surface area contributed by atoms with Crippen LogP contribution in [0.15, 0.2) is 48.5 Å². The molecule has 0 bridgehead atoms. The Morgan fingerprint density at radius 1 is 0.800 bits per heavy atom. The summed E-state index contributed by atoms with van der Waals surface area (Å²) in [5, 5.41) is 0. The third-order valence-electron chi connectivity index (χ3n) is 5.04. The lowest BCUT2D eigenvalue weighted by Crippen LogP contribution is -2.46. The highest BCUT2D eigenvalue weighted by Gasteiger charge is 2.23. The molecule has 0 spiro atoms. The van der Waals surface area contributed by atoms with Gasteiger partial charge in [0.25, 0.3) is 0 Å². The maximum absolute atomic E-state index is 5.87. The Kier molecular flexibility index (Phi) is 5.07. The Morgan fingerprint density at radius 3 is 2.44 bits per heavy atom. The summed E-state index contributed by atoms with van der Waals surface area (Å²) >= 11 is 0. The second-order valence-electron chi connectivity index (χ2n) is 6.72. The van der Waals surface area contributed by atoms with Crippen molar-refractivity contribution < 1.29 is 9.47 Å². The normalized spacial score (nSPS) is 17.5. The molecule has 1 saturated heterocycles. The smallest absolute Gasteiger partial charge is 0.184 e. The summed E-state index contributed by atoms with van der Waals surface area (Å²) in [5.74, 6) is 1.81. The van der Waals surface area contributed by atoms with Crippen molar-refractivity contribution in [2.75, 3.05) is 50.8 Å². The Bertz CT molecular complexity index is 682. The number of anilines is 1. The minimum atomic E-state index is 0.642. The second-order valence-corrected chi connectivity index (χ2v) is 6.72. The third-order valence-corrected chi connectivity index (χ3v) is 5.04. The highest BCUT2D eigenvalue weighted by molar-refractivity contribution is 5.65. The quantitative estimate of drug-likeness (QED) is 0.836. The Balaban J connectivity index is 1.29. The van der Waals surface area contributed by atoms with Crippen molar-refractivity contribution in [2.24, 2.45) is 0 Å². The van der Waals surface area contributed by atoms with Crippen molar-refractivity contribution in [3.63, 3.8) is 0 Å². The van der Waals surface area contributed by atoms with Gasteiger partial charge >= 0.3 is 0 Å². The van der Waals surface area contributed by atoms with Gasteiger partial charge in [0, 0.05) is 26.2 Å². The number of hydrogen-bond acceptors (Lipinski definition) is 4. The maximum Gasteiger partial charge on any atom is 0.184 e. The van der Waals surface area contributed by atoms with Crippen molar-refractivity contribution in [2.45, 2.75) is 12.8 Å². The molecule has 0 aliphatic carbocycles. The van der Waals surface area contributed by atoms with Crippen molar-refractivity contribution in [3.05, 3.63) is 54.1 Å². The Hall–Kier alpha value is -2.20. The van der Waals surface area contributed by atoms with E-state index in [1.165, 1.54) is 30.6 Å². The van der Waals surface area contributed by atoms with Gasteiger partial charge in [0.2, 0.25) is 0 Å². The van der Waals surface area contributed by atoms with E-state index in [0.717, 1.165) is 37.7 Å². The molecule has 4 nitrogen and oxygen atoms in total. The zero-order valence-electron chi connectivity index (χ0n) is 14.7. The fourth-order valence-corrected chi connectivity index (χ4v) is 3.67. The van der Waals surface area contributed by atoms with Crippen LogP contribution in [0.25, 0.3) is 0 Å². The van der Waals surface area contributed by atoms with Crippen LogP contribution >= 0.6 is 0 Å². The minimum absolute atomic E-state index is 0.642. The van der Waals surface area contributed by atoms with Gasteiger partial charge in [-0.25, -0.2) is 0 Å². The van der Waals surface area contributed by atoms with Crippen LogP contribution in [0.2, 0.25) is 0 Å². The third kappa shape index (κ3) is 3.90. The Morgan fingerprint density at radius 2 is 1.60 bits per heavy atom. The van der Waals surface area contributed by atoms with Crippen molar-refractivity contribution in [1.82, 2.24) is 4.90 Å². The first-order valence-electron chi connectivity index (χ1n) is 9.30. The number of aryl methyl sites for hydroxylation is 1. The largest absolute Gasteiger partial charge is 0.486 e. The first-order chi connectivity index (χ1) is 12.4. The van der Waals surface area contributed by atoms with E-state index in [4.69, 9.17) is 9.47 Å². The van der Waals surface area contributed by atoms with Crippen LogP contribution in [-0.2, 0) is 6.42 Å². The zero-order chi connectivity index (χ0) is 16.9. The van der Waals surface area contributed by atoms with E-state index >= 15 is 0 Å². The van der Waals surface area contributed by atoms with Gasteiger partial charge in [0.05, 0.1) is 5.69 Å². The van der Waals surface area contributed by atoms with Crippen molar-refractivity contribution in [3.8, 4) is 11.5 Å². The van der Waals surface area contributed by atoms with Gasteiger partial charge in [-0.15, -0.1) is 0 Å². The molecule has 1 fully saturated rings. The lowest BCUT2D eigenvalue weighted by molar-refractivity contribution is 0.171. The van der Waals surface area contributed by atoms with Gasteiger partial charge in [-0.05, 0) is 37.1 Å². The van der Waals surface area contributed by atoms with Crippen LogP contribution in [0.1, 0.15) is 12.0 Å². The van der Waals surface area contributed by atoms with E-state index in [1.807, 2.05) is 6.07 Å². The fourth-order valence-electron chi connectivity index (χ4n) is 3.67. The molecule has 0 aromatic heterocycles. The monoisotopic (exact) mass is 338 g/mol. The van der Waals surface area contributed by atoms with Gasteiger partial charge in [-0.1, -0.05) is 36.4 Å². The molecule has 0 atom stereocenters. The predicted molar refractivity (Wildman–Crippen MR) is 101 cm³/mol. The molecule has 25 heavy (non-hydrogen) atoms. The van der Waals surface area contributed by atoms with E-state index in [-0.39, 0.29) is 0 Å². The second kappa shape index (κ2) is 7.79. The van der Waals surface area contributed by atoms with E-state index < -0.39 is 0 Å². The molecule has 2 aliphatic rings. The molecule has 132 valence electrons. The summed E-state index contributed by atoms with van der Waals surface area (Å²) in [7, 11) is 0. The van der Waals surface area contributed by atoms with Gasteiger partial charge in [0.1, 0.15) is 13.2 Å². The molecular formula is C21H26N2O2. The van der Waals surface area contributed by atoms with Crippen LogP contribution in [0, 0.1) is 0 Å². The molecule has 2 heterocycles. The summed E-state index contributed by atoms with van der Waals surface area (Å²) in [6, 6.07) is 17.0. The Labute approximate surface area is 150 Å². The molecule has 2 aliphatic heterocycles. The lowest BCUT2D eigenvalue weighted by Gasteiger charge is -2.37. The molecule has 0 unspecified atom stereocenters. The maximum atomic E-state index is 5.87. The number of benzene rings is 2. The topological polar surface area (TPSA) is 24.9 Å². The average Bonchev–Trinajstić information content (AvgIpc) is 2.69. The summed E-state index contributed by atoms with van der Waals surface area (Å²) in [6.07, 6.45) is 2.39. The number of ether oxygens (including phenoxy) is 2. The molecule has 0 amide bonds. The minimum Gasteiger partial charge on any atom is -0.486 e. The van der Waals surface area contributed by atoms with Gasteiger partial charge < -0.3 is 14.4 Å². The van der Waals surface area contributed by atoms with E-state index in [1.54, 1.807) is 0 Å². The van der Waals surface area contributed by atoms with Crippen molar-refractivity contribution in [1.29, 1.82) is 0 Å². The first-order valence-corrected chi connectivity index (χ1v) is 9.30. The molecule has 2 aromatic rings. The van der Waals surface area contributed by atoms with Crippen LogP contribution in [0.3, 0.4) is 0 Å². The summed E-state index contributed by atoms with van der Waals surface area (Å²) in [4.78, 5) is 5.01. The van der Waals surface area contributed by atoms with E-state index in [0.29, 0.717) is 13.2 Å². The summed E-state index contributed by atoms with van der Waals surface area (Å²) < 4.78 is 11.6. The molecule has 0 N–H and O–H groups in total. The fraction of sp³-hybridized carbons (Fsp3) is 0.429. The van der Waals surface area contributed by atoms with Crippen molar-refractivity contribution >= 4 is 5.69 Å². The highest BCUT2D eigenvalue weighted by atomic mass is 16.6. The van der Waals surface area contributed by atoms with E-state index in [2.05, 4.69) is 52.3 Å². The standard InChI is InChI=1S/C21H26N2O2/c1-2-6-18(7-3-1)8-5-11-22-12-14-23(15-13-22)19-9-4-10-20-21(19)25-17-16-24-20/h1-4,6-7,9-10H,5,8,11-17H2.